The number of hydrogen-bond acceptors (Lipinski definition) is 2. The van der Waals surface area contributed by atoms with Gasteiger partial charge in [0.1, 0.15) is 0 Å². The van der Waals surface area contributed by atoms with Gasteiger partial charge in [0.15, 0.2) is 0 Å². The average Bonchev–Trinajstić information content (AvgIpc) is 2.95. The van der Waals surface area contributed by atoms with Crippen molar-refractivity contribution < 1.29 is 4.74 Å². The first-order valence-corrected chi connectivity index (χ1v) is 5.90. The van der Waals surface area contributed by atoms with E-state index in [1.165, 1.54) is 12.8 Å². The van der Waals surface area contributed by atoms with E-state index >= 15 is 0 Å². The maximum atomic E-state index is 5.74. The second kappa shape index (κ2) is 5.13. The van der Waals surface area contributed by atoms with Gasteiger partial charge in [0.2, 0.25) is 0 Å². The molecule has 0 spiro atoms. The molecule has 0 saturated heterocycles. The van der Waals surface area contributed by atoms with Crippen LogP contribution in [-0.2, 0) is 4.74 Å². The predicted octanol–water partition coefficient (Wildman–Crippen LogP) is 2.58. The predicted molar refractivity (Wildman–Crippen MR) is 60.5 cm³/mol. The molecular formula is C12H25NO. The molecule has 84 valence electrons. The van der Waals surface area contributed by atoms with Crippen LogP contribution in [0.2, 0.25) is 0 Å². The van der Waals surface area contributed by atoms with Crippen LogP contribution in [0.1, 0.15) is 47.0 Å². The topological polar surface area (TPSA) is 21.3 Å². The van der Waals surface area contributed by atoms with Crippen LogP contribution in [0.15, 0.2) is 0 Å². The number of rotatable bonds is 7. The van der Waals surface area contributed by atoms with Crippen LogP contribution in [0.3, 0.4) is 0 Å². The van der Waals surface area contributed by atoms with Crippen molar-refractivity contribution in [3.8, 4) is 0 Å². The molecule has 1 fully saturated rings. The fourth-order valence-electron chi connectivity index (χ4n) is 1.19. The number of hydrogen-bond donors (Lipinski definition) is 1. The van der Waals surface area contributed by atoms with Crippen LogP contribution >= 0.6 is 0 Å². The van der Waals surface area contributed by atoms with Gasteiger partial charge in [-0.15, -0.1) is 0 Å². The summed E-state index contributed by atoms with van der Waals surface area (Å²) in [5.41, 5.74) is 0.247. The molecule has 0 aromatic rings. The van der Waals surface area contributed by atoms with Crippen molar-refractivity contribution >= 4 is 0 Å². The molecule has 2 nitrogen and oxygen atoms in total. The summed E-state index contributed by atoms with van der Waals surface area (Å²) in [5, 5.41) is 3.53. The third kappa shape index (κ3) is 4.97. The lowest BCUT2D eigenvalue weighted by Gasteiger charge is -2.26. The summed E-state index contributed by atoms with van der Waals surface area (Å²) in [7, 11) is 0. The normalized spacial score (nSPS) is 19.7. The van der Waals surface area contributed by atoms with Crippen LogP contribution < -0.4 is 5.32 Å². The van der Waals surface area contributed by atoms with Gasteiger partial charge in [-0.1, -0.05) is 6.92 Å². The van der Waals surface area contributed by atoms with Gasteiger partial charge in [-0.05, 0) is 46.0 Å². The zero-order valence-electron chi connectivity index (χ0n) is 10.1. The van der Waals surface area contributed by atoms with Crippen molar-refractivity contribution in [3.05, 3.63) is 0 Å². The summed E-state index contributed by atoms with van der Waals surface area (Å²) in [4.78, 5) is 0. The molecule has 14 heavy (non-hydrogen) atoms. The summed E-state index contributed by atoms with van der Waals surface area (Å²) in [6, 6.07) is 0. The Kier molecular flexibility index (Phi) is 4.39. The maximum Gasteiger partial charge on any atom is 0.0671 e. The van der Waals surface area contributed by atoms with Crippen molar-refractivity contribution in [1.82, 2.24) is 5.32 Å². The van der Waals surface area contributed by atoms with Gasteiger partial charge in [0.25, 0.3) is 0 Å². The van der Waals surface area contributed by atoms with Crippen LogP contribution in [0.4, 0.5) is 0 Å². The van der Waals surface area contributed by atoms with E-state index in [4.69, 9.17) is 4.74 Å². The van der Waals surface area contributed by atoms with Crippen LogP contribution in [0.25, 0.3) is 0 Å². The highest BCUT2D eigenvalue weighted by Gasteiger charge is 2.22. The summed E-state index contributed by atoms with van der Waals surface area (Å²) in [5.74, 6) is 0.872. The Labute approximate surface area is 88.4 Å². The van der Waals surface area contributed by atoms with Crippen molar-refractivity contribution in [2.24, 2.45) is 5.92 Å². The van der Waals surface area contributed by atoms with Crippen LogP contribution in [0, 0.1) is 5.92 Å². The average molecular weight is 199 g/mol. The Hall–Kier alpha value is -0.0800. The quantitative estimate of drug-likeness (QED) is 0.680. The molecule has 0 aromatic carbocycles. The molecule has 2 heteroatoms. The van der Waals surface area contributed by atoms with Crippen LogP contribution in [-0.4, -0.2) is 24.8 Å². The standard InChI is InChI=1S/C12H25NO/c1-5-12(3,4)13-8-10(2)14-9-11-6-7-11/h10-11,13H,5-9H2,1-4H3. The fraction of sp³-hybridized carbons (Fsp3) is 1.00. The zero-order valence-corrected chi connectivity index (χ0v) is 10.1. The van der Waals surface area contributed by atoms with E-state index in [1.807, 2.05) is 0 Å². The maximum absolute atomic E-state index is 5.74. The lowest BCUT2D eigenvalue weighted by atomic mass is 10.0. The van der Waals surface area contributed by atoms with Gasteiger partial charge in [-0.25, -0.2) is 0 Å². The third-order valence-corrected chi connectivity index (χ3v) is 3.07. The van der Waals surface area contributed by atoms with Crippen molar-refractivity contribution in [2.75, 3.05) is 13.2 Å². The van der Waals surface area contributed by atoms with Gasteiger partial charge in [-0.3, -0.25) is 0 Å². The molecular weight excluding hydrogens is 174 g/mol. The molecule has 1 saturated carbocycles. The SMILES string of the molecule is CCC(C)(C)NCC(C)OCC1CC1. The molecule has 0 heterocycles. The summed E-state index contributed by atoms with van der Waals surface area (Å²) in [6.07, 6.45) is 4.25. The van der Waals surface area contributed by atoms with Crippen molar-refractivity contribution in [1.29, 1.82) is 0 Å². The van der Waals surface area contributed by atoms with E-state index in [-0.39, 0.29) is 5.54 Å². The highest BCUT2D eigenvalue weighted by Crippen LogP contribution is 2.29. The largest absolute Gasteiger partial charge is 0.377 e. The van der Waals surface area contributed by atoms with Gasteiger partial charge in [-0.2, -0.15) is 0 Å². The lowest BCUT2D eigenvalue weighted by Crippen LogP contribution is -2.42. The number of nitrogens with one attached hydrogen (secondary N) is 1. The van der Waals surface area contributed by atoms with Crippen LogP contribution in [0.5, 0.6) is 0 Å². The first-order chi connectivity index (χ1) is 6.53. The van der Waals surface area contributed by atoms with E-state index in [1.54, 1.807) is 0 Å². The second-order valence-electron chi connectivity index (χ2n) is 5.21. The molecule has 0 radical (unpaired) electrons. The van der Waals surface area contributed by atoms with Gasteiger partial charge < -0.3 is 10.1 Å². The molecule has 1 N–H and O–H groups in total. The highest BCUT2D eigenvalue weighted by molar-refractivity contribution is 4.77. The molecule has 0 bridgehead atoms. The van der Waals surface area contributed by atoms with E-state index < -0.39 is 0 Å². The minimum atomic E-state index is 0.247. The lowest BCUT2D eigenvalue weighted by molar-refractivity contribution is 0.0534. The number of ether oxygens (including phenoxy) is 1. The molecule has 1 atom stereocenters. The fourth-order valence-corrected chi connectivity index (χ4v) is 1.19. The Morgan fingerprint density at radius 3 is 2.57 bits per heavy atom. The first-order valence-electron chi connectivity index (χ1n) is 5.90. The molecule has 1 aliphatic rings. The highest BCUT2D eigenvalue weighted by atomic mass is 16.5. The van der Waals surface area contributed by atoms with Gasteiger partial charge >= 0.3 is 0 Å². The van der Waals surface area contributed by atoms with Gasteiger partial charge in [0.05, 0.1) is 6.10 Å². The van der Waals surface area contributed by atoms with Crippen molar-refractivity contribution in [2.45, 2.75) is 58.6 Å². The Morgan fingerprint density at radius 1 is 1.43 bits per heavy atom. The molecule has 0 amide bonds. The molecule has 1 aliphatic carbocycles. The molecule has 0 aliphatic heterocycles. The van der Waals surface area contributed by atoms with Crippen molar-refractivity contribution in [3.63, 3.8) is 0 Å². The minimum Gasteiger partial charge on any atom is -0.377 e. The molecule has 0 aromatic heterocycles. The van der Waals surface area contributed by atoms with E-state index in [2.05, 4.69) is 33.0 Å². The molecule has 1 rings (SSSR count). The Morgan fingerprint density at radius 2 is 2.07 bits per heavy atom. The molecule has 1 unspecified atom stereocenters. The smallest absolute Gasteiger partial charge is 0.0671 e. The summed E-state index contributed by atoms with van der Waals surface area (Å²) >= 11 is 0. The van der Waals surface area contributed by atoms with Gasteiger partial charge in [0, 0.05) is 18.7 Å². The van der Waals surface area contributed by atoms with E-state index in [0.29, 0.717) is 6.10 Å². The Balaban J connectivity index is 2.03. The van der Waals surface area contributed by atoms with E-state index in [9.17, 15) is 0 Å². The Bertz CT molecular complexity index is 164. The monoisotopic (exact) mass is 199 g/mol. The first kappa shape index (κ1) is 12.0. The summed E-state index contributed by atoms with van der Waals surface area (Å²) in [6.45, 7) is 10.8. The summed E-state index contributed by atoms with van der Waals surface area (Å²) < 4.78 is 5.74. The van der Waals surface area contributed by atoms with E-state index in [0.717, 1.165) is 25.5 Å². The minimum absolute atomic E-state index is 0.247. The second-order valence-corrected chi connectivity index (χ2v) is 5.21. The zero-order chi connectivity index (χ0) is 10.6. The third-order valence-electron chi connectivity index (χ3n) is 3.07.